The van der Waals surface area contributed by atoms with Crippen LogP contribution in [0, 0.1) is 6.92 Å². The van der Waals surface area contributed by atoms with E-state index in [1.807, 2.05) is 12.1 Å². The van der Waals surface area contributed by atoms with Crippen molar-refractivity contribution in [2.45, 2.75) is 19.9 Å². The molecule has 0 aliphatic carbocycles. The number of guanidine groups is 1. The lowest BCUT2D eigenvalue weighted by molar-refractivity contribution is 0.625. The number of fused-ring (bicyclic) bond motifs is 1. The van der Waals surface area contributed by atoms with Crippen molar-refractivity contribution < 1.29 is 0 Å². The number of imidazole rings is 1. The second-order valence-corrected chi connectivity index (χ2v) is 4.82. The van der Waals surface area contributed by atoms with Crippen molar-refractivity contribution in [3.05, 3.63) is 42.7 Å². The summed E-state index contributed by atoms with van der Waals surface area (Å²) in [5, 5.41) is 6.45. The van der Waals surface area contributed by atoms with Crippen molar-refractivity contribution >= 4 is 41.0 Å². The fourth-order valence-electron chi connectivity index (χ4n) is 2.31. The lowest BCUT2D eigenvalue weighted by Gasteiger charge is -2.11. The van der Waals surface area contributed by atoms with Gasteiger partial charge in [0.15, 0.2) is 5.96 Å². The van der Waals surface area contributed by atoms with Gasteiger partial charge in [0.1, 0.15) is 5.82 Å². The summed E-state index contributed by atoms with van der Waals surface area (Å²) in [7, 11) is 1.77. The summed E-state index contributed by atoms with van der Waals surface area (Å²) in [4.78, 5) is 8.73. The van der Waals surface area contributed by atoms with Crippen molar-refractivity contribution in [3.8, 4) is 0 Å². The van der Waals surface area contributed by atoms with Crippen LogP contribution in [0.3, 0.4) is 0 Å². The zero-order valence-electron chi connectivity index (χ0n) is 13.2. The number of para-hydroxylation sites is 2. The fourth-order valence-corrected chi connectivity index (χ4v) is 2.31. The zero-order valence-corrected chi connectivity index (χ0v) is 15.5. The molecule has 0 aliphatic rings. The molecule has 0 aliphatic heterocycles. The van der Waals surface area contributed by atoms with E-state index in [0.29, 0.717) is 6.54 Å². The standard InChI is InChI=1S/C16H23N5.HI/c1-4-10-18-16(17-3)19-11-7-12-21-13(2)20-14-8-5-6-9-15(14)21;/h4-6,8-9H,1,7,10-12H2,2-3H3,(H2,17,18,19);1H. The molecule has 5 nitrogen and oxygen atoms in total. The van der Waals surface area contributed by atoms with Gasteiger partial charge in [-0.05, 0) is 25.5 Å². The second-order valence-electron chi connectivity index (χ2n) is 4.82. The SMILES string of the molecule is C=CCNC(=NC)NCCCn1c(C)nc2ccccc21.I. The number of rotatable bonds is 6. The van der Waals surface area contributed by atoms with Gasteiger partial charge in [-0.15, -0.1) is 30.6 Å². The Morgan fingerprint density at radius 1 is 1.36 bits per heavy atom. The van der Waals surface area contributed by atoms with E-state index in [4.69, 9.17) is 0 Å². The van der Waals surface area contributed by atoms with E-state index >= 15 is 0 Å². The molecule has 120 valence electrons. The van der Waals surface area contributed by atoms with E-state index in [9.17, 15) is 0 Å². The Balaban J connectivity index is 0.00000242. The highest BCUT2D eigenvalue weighted by molar-refractivity contribution is 14.0. The van der Waals surface area contributed by atoms with Crippen LogP contribution in [-0.2, 0) is 6.54 Å². The monoisotopic (exact) mass is 413 g/mol. The number of aliphatic imine (C=N–C) groups is 1. The summed E-state index contributed by atoms with van der Waals surface area (Å²) in [6.07, 6.45) is 2.82. The molecule has 0 amide bonds. The van der Waals surface area contributed by atoms with Gasteiger partial charge >= 0.3 is 0 Å². The molecule has 22 heavy (non-hydrogen) atoms. The molecule has 2 rings (SSSR count). The molecular formula is C16H24IN5. The fraction of sp³-hybridized carbons (Fsp3) is 0.375. The van der Waals surface area contributed by atoms with Crippen molar-refractivity contribution in [2.75, 3.05) is 20.1 Å². The van der Waals surface area contributed by atoms with Gasteiger partial charge in [-0.25, -0.2) is 4.98 Å². The maximum absolute atomic E-state index is 4.58. The largest absolute Gasteiger partial charge is 0.356 e. The van der Waals surface area contributed by atoms with Crippen LogP contribution in [0.5, 0.6) is 0 Å². The Hall–Kier alpha value is -1.57. The van der Waals surface area contributed by atoms with Crippen molar-refractivity contribution in [1.29, 1.82) is 0 Å². The highest BCUT2D eigenvalue weighted by Gasteiger charge is 2.05. The highest BCUT2D eigenvalue weighted by Crippen LogP contribution is 2.15. The Morgan fingerprint density at radius 2 is 2.14 bits per heavy atom. The van der Waals surface area contributed by atoms with Crippen LogP contribution >= 0.6 is 24.0 Å². The van der Waals surface area contributed by atoms with Gasteiger partial charge in [-0.3, -0.25) is 4.99 Å². The maximum atomic E-state index is 4.58. The first-order chi connectivity index (χ1) is 10.3. The predicted octanol–water partition coefficient (Wildman–Crippen LogP) is 2.70. The third-order valence-electron chi connectivity index (χ3n) is 3.33. The van der Waals surface area contributed by atoms with Crippen LogP contribution in [-0.4, -0.2) is 35.6 Å². The van der Waals surface area contributed by atoms with Gasteiger partial charge < -0.3 is 15.2 Å². The van der Waals surface area contributed by atoms with Crippen LogP contribution in [0.25, 0.3) is 11.0 Å². The third kappa shape index (κ3) is 4.72. The molecule has 0 unspecified atom stereocenters. The number of hydrogen-bond donors (Lipinski definition) is 2. The van der Waals surface area contributed by atoms with Gasteiger partial charge in [0.2, 0.25) is 0 Å². The third-order valence-corrected chi connectivity index (χ3v) is 3.33. The van der Waals surface area contributed by atoms with Crippen LogP contribution < -0.4 is 10.6 Å². The molecule has 0 saturated heterocycles. The summed E-state index contributed by atoms with van der Waals surface area (Å²) in [6.45, 7) is 8.25. The summed E-state index contributed by atoms with van der Waals surface area (Å²) in [5.74, 6) is 1.87. The van der Waals surface area contributed by atoms with E-state index in [2.05, 4.69) is 56.9 Å². The lowest BCUT2D eigenvalue weighted by atomic mass is 10.3. The molecule has 1 aromatic heterocycles. The number of nitrogens with zero attached hydrogens (tertiary/aromatic N) is 3. The average Bonchev–Trinajstić information content (AvgIpc) is 2.82. The number of benzene rings is 1. The summed E-state index contributed by atoms with van der Waals surface area (Å²) < 4.78 is 2.26. The van der Waals surface area contributed by atoms with Crippen LogP contribution in [0.1, 0.15) is 12.2 Å². The molecule has 0 fully saturated rings. The quantitative estimate of drug-likeness (QED) is 0.252. The number of aryl methyl sites for hydroxylation is 2. The first-order valence-electron chi connectivity index (χ1n) is 7.23. The lowest BCUT2D eigenvalue weighted by Crippen LogP contribution is -2.37. The number of aromatic nitrogens is 2. The van der Waals surface area contributed by atoms with Gasteiger partial charge in [0, 0.05) is 26.7 Å². The van der Waals surface area contributed by atoms with E-state index < -0.39 is 0 Å². The molecule has 1 aromatic carbocycles. The van der Waals surface area contributed by atoms with Crippen molar-refractivity contribution in [1.82, 2.24) is 20.2 Å². The zero-order chi connectivity index (χ0) is 15.1. The molecule has 0 saturated carbocycles. The predicted molar refractivity (Wildman–Crippen MR) is 104 cm³/mol. The molecular weight excluding hydrogens is 389 g/mol. The Labute approximate surface area is 148 Å². The van der Waals surface area contributed by atoms with E-state index in [-0.39, 0.29) is 24.0 Å². The molecule has 2 aromatic rings. The molecule has 0 atom stereocenters. The average molecular weight is 413 g/mol. The van der Waals surface area contributed by atoms with Crippen molar-refractivity contribution in [3.63, 3.8) is 0 Å². The summed E-state index contributed by atoms with van der Waals surface area (Å²) in [5.41, 5.74) is 2.26. The first kappa shape index (κ1) is 18.5. The van der Waals surface area contributed by atoms with Gasteiger partial charge in [0.25, 0.3) is 0 Å². The Morgan fingerprint density at radius 3 is 2.86 bits per heavy atom. The Bertz CT molecular complexity index is 632. The minimum Gasteiger partial charge on any atom is -0.356 e. The van der Waals surface area contributed by atoms with Crippen LogP contribution in [0.2, 0.25) is 0 Å². The minimum absolute atomic E-state index is 0. The molecule has 0 radical (unpaired) electrons. The molecule has 6 heteroatoms. The topological polar surface area (TPSA) is 54.2 Å². The number of nitrogens with one attached hydrogen (secondary N) is 2. The van der Waals surface area contributed by atoms with Crippen LogP contribution in [0.4, 0.5) is 0 Å². The number of halogens is 1. The summed E-state index contributed by atoms with van der Waals surface area (Å²) >= 11 is 0. The highest BCUT2D eigenvalue weighted by atomic mass is 127. The first-order valence-corrected chi connectivity index (χ1v) is 7.23. The normalized spacial score (nSPS) is 11.1. The van der Waals surface area contributed by atoms with Crippen LogP contribution in [0.15, 0.2) is 41.9 Å². The van der Waals surface area contributed by atoms with Gasteiger partial charge in [-0.2, -0.15) is 0 Å². The molecule has 0 bridgehead atoms. The van der Waals surface area contributed by atoms with E-state index in [0.717, 1.165) is 36.8 Å². The molecule has 1 heterocycles. The van der Waals surface area contributed by atoms with Gasteiger partial charge in [-0.1, -0.05) is 18.2 Å². The van der Waals surface area contributed by atoms with E-state index in [1.54, 1.807) is 7.05 Å². The maximum Gasteiger partial charge on any atom is 0.191 e. The van der Waals surface area contributed by atoms with E-state index in [1.165, 1.54) is 5.52 Å². The van der Waals surface area contributed by atoms with Gasteiger partial charge in [0.05, 0.1) is 11.0 Å². The summed E-state index contributed by atoms with van der Waals surface area (Å²) in [6, 6.07) is 8.25. The second kappa shape index (κ2) is 9.45. The smallest absolute Gasteiger partial charge is 0.191 e. The number of hydrogen-bond acceptors (Lipinski definition) is 2. The Kier molecular flexibility index (Phi) is 7.94. The molecule has 0 spiro atoms. The van der Waals surface area contributed by atoms with Crippen molar-refractivity contribution in [2.24, 2.45) is 4.99 Å². The molecule has 2 N–H and O–H groups in total. The minimum atomic E-state index is 0.